The summed E-state index contributed by atoms with van der Waals surface area (Å²) in [4.78, 5) is 28.7. The van der Waals surface area contributed by atoms with Crippen molar-refractivity contribution in [3.05, 3.63) is 87.9 Å². The predicted molar refractivity (Wildman–Crippen MR) is 147 cm³/mol. The Morgan fingerprint density at radius 3 is 2.67 bits per heavy atom. The minimum absolute atomic E-state index is 0.154. The lowest BCUT2D eigenvalue weighted by Gasteiger charge is -2.10. The first-order valence-electron chi connectivity index (χ1n) is 12.1. The second-order valence-electron chi connectivity index (χ2n) is 8.50. The van der Waals surface area contributed by atoms with Crippen LogP contribution < -0.4 is 22.3 Å². The zero-order chi connectivity index (χ0) is 27.5. The number of fused-ring (bicyclic) bond motifs is 2. The monoisotopic (exact) mass is 523 g/mol. The summed E-state index contributed by atoms with van der Waals surface area (Å²) in [5.41, 5.74) is 13.0. The Morgan fingerprint density at radius 1 is 1.18 bits per heavy atom. The lowest BCUT2D eigenvalue weighted by molar-refractivity contribution is 0.100. The van der Waals surface area contributed by atoms with Crippen molar-refractivity contribution < 1.29 is 9.21 Å². The Balaban J connectivity index is 0.000000198. The third-order valence-corrected chi connectivity index (χ3v) is 5.86. The van der Waals surface area contributed by atoms with Gasteiger partial charge in [0, 0.05) is 32.4 Å². The number of para-hydroxylation sites is 1. The Morgan fingerprint density at radius 2 is 1.97 bits per heavy atom. The Labute approximate surface area is 222 Å². The first-order valence-corrected chi connectivity index (χ1v) is 12.1. The SMILES string of the molecule is CCc1nc2occ(C#Cc3ccn(C)n3)c2c(=O)n1-c1ccccc1.NC(=O)c1c(N)nn2c1NCC=C2. The van der Waals surface area contributed by atoms with Crippen molar-refractivity contribution in [2.45, 2.75) is 13.3 Å². The van der Waals surface area contributed by atoms with E-state index < -0.39 is 5.91 Å². The number of anilines is 2. The highest BCUT2D eigenvalue weighted by Gasteiger charge is 2.20. The number of carbonyl (C=O) groups excluding carboxylic acids is 1. The van der Waals surface area contributed by atoms with Gasteiger partial charge in [0.05, 0.1) is 11.3 Å². The average molecular weight is 524 g/mol. The zero-order valence-electron chi connectivity index (χ0n) is 21.3. The van der Waals surface area contributed by atoms with Crippen molar-refractivity contribution in [2.24, 2.45) is 12.8 Å². The average Bonchev–Trinajstić information content (AvgIpc) is 3.63. The summed E-state index contributed by atoms with van der Waals surface area (Å²) in [6.45, 7) is 2.60. The molecule has 0 saturated heterocycles. The maximum absolute atomic E-state index is 13.2. The summed E-state index contributed by atoms with van der Waals surface area (Å²) in [6.07, 6.45) is 7.49. The molecule has 0 unspecified atom stereocenters. The highest BCUT2D eigenvalue weighted by atomic mass is 16.3. The summed E-state index contributed by atoms with van der Waals surface area (Å²) >= 11 is 0. The minimum atomic E-state index is -0.568. The number of aryl methyl sites for hydroxylation is 2. The number of nitrogen functional groups attached to an aromatic ring is 1. The molecule has 5 aromatic rings. The van der Waals surface area contributed by atoms with Gasteiger partial charge in [-0.2, -0.15) is 10.1 Å². The Kier molecular flexibility index (Phi) is 6.71. The molecular weight excluding hydrogens is 498 g/mol. The molecule has 6 rings (SSSR count). The van der Waals surface area contributed by atoms with E-state index in [9.17, 15) is 9.59 Å². The van der Waals surface area contributed by atoms with Gasteiger partial charge in [0.2, 0.25) is 5.71 Å². The van der Waals surface area contributed by atoms with Crippen molar-refractivity contribution in [3.63, 3.8) is 0 Å². The number of primary amides is 1. The van der Waals surface area contributed by atoms with Crippen LogP contribution in [0.3, 0.4) is 0 Å². The van der Waals surface area contributed by atoms with Crippen LogP contribution in [-0.4, -0.2) is 41.6 Å². The molecule has 39 heavy (non-hydrogen) atoms. The molecule has 5 heterocycles. The third-order valence-electron chi connectivity index (χ3n) is 5.86. The molecule has 0 atom stereocenters. The minimum Gasteiger partial charge on any atom is -0.445 e. The van der Waals surface area contributed by atoms with E-state index in [1.807, 2.05) is 62.6 Å². The fraction of sp³-hybridized carbons (Fsp3) is 0.148. The lowest BCUT2D eigenvalue weighted by Crippen LogP contribution is -2.23. The predicted octanol–water partition coefficient (Wildman–Crippen LogP) is 2.13. The van der Waals surface area contributed by atoms with Crippen molar-refractivity contribution in [1.82, 2.24) is 29.1 Å². The van der Waals surface area contributed by atoms with Crippen LogP contribution in [0.4, 0.5) is 11.6 Å². The number of rotatable bonds is 3. The number of hydrogen-bond acceptors (Lipinski definition) is 8. The van der Waals surface area contributed by atoms with E-state index >= 15 is 0 Å². The molecule has 1 aliphatic rings. The van der Waals surface area contributed by atoms with Crippen LogP contribution in [0.5, 0.6) is 0 Å². The van der Waals surface area contributed by atoms with Crippen LogP contribution in [0.2, 0.25) is 0 Å². The molecule has 0 spiro atoms. The fourth-order valence-corrected chi connectivity index (χ4v) is 4.10. The normalized spacial score (nSPS) is 11.6. The standard InChI is InChI=1S/C20H16N4O2.C7H9N5O/c1-3-17-21-19-18(20(25)24(17)16-7-5-4-6-8-16)14(13-26-19)9-10-15-11-12-23(2)22-15;8-5-4(6(9)13)7-10-2-1-3-12(7)11-5/h4-8,11-13H,3H2,1-2H3;1,3,10H,2H2,(H2,8,11)(H2,9,13). The van der Waals surface area contributed by atoms with Gasteiger partial charge >= 0.3 is 0 Å². The molecule has 5 N–H and O–H groups in total. The van der Waals surface area contributed by atoms with Crippen LogP contribution >= 0.6 is 0 Å². The van der Waals surface area contributed by atoms with Gasteiger partial charge in [-0.05, 0) is 30.2 Å². The van der Waals surface area contributed by atoms with Gasteiger partial charge in [-0.25, -0.2) is 4.68 Å². The van der Waals surface area contributed by atoms with Crippen molar-refractivity contribution in [3.8, 4) is 17.5 Å². The van der Waals surface area contributed by atoms with Crippen molar-refractivity contribution in [1.29, 1.82) is 0 Å². The molecule has 12 nitrogen and oxygen atoms in total. The summed E-state index contributed by atoms with van der Waals surface area (Å²) in [6, 6.07) is 11.3. The number of nitrogens with one attached hydrogen (secondary N) is 1. The van der Waals surface area contributed by atoms with Gasteiger partial charge in [0.25, 0.3) is 11.5 Å². The molecule has 4 aromatic heterocycles. The first kappa shape index (κ1) is 25.1. The number of nitrogens with zero attached hydrogens (tertiary/aromatic N) is 6. The van der Waals surface area contributed by atoms with Gasteiger partial charge in [-0.1, -0.05) is 31.0 Å². The van der Waals surface area contributed by atoms with Crippen LogP contribution in [0.1, 0.15) is 34.4 Å². The van der Waals surface area contributed by atoms with Crippen molar-refractivity contribution >= 4 is 34.8 Å². The summed E-state index contributed by atoms with van der Waals surface area (Å²) in [5.74, 6) is 6.73. The van der Waals surface area contributed by atoms with E-state index in [1.165, 1.54) is 10.9 Å². The molecule has 0 radical (unpaired) electrons. The third kappa shape index (κ3) is 4.88. The fourth-order valence-electron chi connectivity index (χ4n) is 4.10. The van der Waals surface area contributed by atoms with Gasteiger partial charge in [-0.15, -0.1) is 5.10 Å². The summed E-state index contributed by atoms with van der Waals surface area (Å²) < 4.78 is 10.3. The molecule has 0 saturated carbocycles. The van der Waals surface area contributed by atoms with E-state index in [0.717, 1.165) is 5.69 Å². The van der Waals surface area contributed by atoms with Crippen LogP contribution in [-0.2, 0) is 13.5 Å². The maximum Gasteiger partial charge on any atom is 0.270 e. The van der Waals surface area contributed by atoms with E-state index in [0.29, 0.717) is 47.0 Å². The maximum atomic E-state index is 13.2. The van der Waals surface area contributed by atoms with Gasteiger partial charge in [0.1, 0.15) is 34.5 Å². The quantitative estimate of drug-likeness (QED) is 0.303. The number of carbonyl (C=O) groups is 1. The molecular formula is C27H25N9O3. The van der Waals surface area contributed by atoms with E-state index in [4.69, 9.17) is 15.9 Å². The molecule has 1 aromatic carbocycles. The molecule has 12 heteroatoms. The lowest BCUT2D eigenvalue weighted by atomic mass is 10.2. The van der Waals surface area contributed by atoms with Crippen molar-refractivity contribution in [2.75, 3.05) is 17.6 Å². The summed E-state index contributed by atoms with van der Waals surface area (Å²) in [5, 5.41) is 11.5. The number of amides is 1. The van der Waals surface area contributed by atoms with Crippen LogP contribution in [0.15, 0.2) is 64.1 Å². The number of furan rings is 1. The van der Waals surface area contributed by atoms with E-state index in [2.05, 4.69) is 32.3 Å². The summed E-state index contributed by atoms with van der Waals surface area (Å²) in [7, 11) is 1.83. The number of benzene rings is 1. The molecule has 0 fully saturated rings. The first-order chi connectivity index (χ1) is 18.9. The second-order valence-corrected chi connectivity index (χ2v) is 8.50. The molecule has 0 aliphatic carbocycles. The van der Waals surface area contributed by atoms with Gasteiger partial charge in [-0.3, -0.25) is 18.8 Å². The number of hydrogen-bond donors (Lipinski definition) is 3. The molecule has 1 amide bonds. The van der Waals surface area contributed by atoms with Crippen LogP contribution in [0, 0.1) is 11.8 Å². The Bertz CT molecular complexity index is 1830. The second kappa shape index (κ2) is 10.4. The largest absolute Gasteiger partial charge is 0.445 e. The van der Waals surface area contributed by atoms with Gasteiger partial charge < -0.3 is 21.2 Å². The molecule has 196 valence electrons. The smallest absolute Gasteiger partial charge is 0.270 e. The number of aromatic nitrogens is 6. The highest BCUT2D eigenvalue weighted by Crippen LogP contribution is 2.23. The van der Waals surface area contributed by atoms with Gasteiger partial charge in [0.15, 0.2) is 5.82 Å². The van der Waals surface area contributed by atoms with E-state index in [1.54, 1.807) is 15.4 Å². The van der Waals surface area contributed by atoms with E-state index in [-0.39, 0.29) is 16.9 Å². The molecule has 0 bridgehead atoms. The Hall–Kier alpha value is -5.57. The molecule has 1 aliphatic heterocycles. The van der Waals surface area contributed by atoms with Crippen LogP contribution in [0.25, 0.3) is 23.0 Å². The zero-order valence-corrected chi connectivity index (χ0v) is 21.3. The number of nitrogens with two attached hydrogens (primary N) is 2. The highest BCUT2D eigenvalue weighted by molar-refractivity contribution is 6.02. The topological polar surface area (TPSA) is 165 Å².